The molecule has 3 heterocycles. The third kappa shape index (κ3) is 4.76. The molecule has 0 spiro atoms. The van der Waals surface area contributed by atoms with Crippen molar-refractivity contribution in [2.24, 2.45) is 0 Å². The van der Waals surface area contributed by atoms with Crippen LogP contribution in [0.4, 0.5) is 5.95 Å². The van der Waals surface area contributed by atoms with Crippen LogP contribution < -0.4 is 14.2 Å². The van der Waals surface area contributed by atoms with E-state index in [0.29, 0.717) is 28.6 Å². The molecule has 35 heavy (non-hydrogen) atoms. The van der Waals surface area contributed by atoms with Crippen molar-refractivity contribution < 1.29 is 23.0 Å². The van der Waals surface area contributed by atoms with Gasteiger partial charge in [-0.1, -0.05) is 6.07 Å². The van der Waals surface area contributed by atoms with Crippen molar-refractivity contribution in [2.75, 3.05) is 18.9 Å². The van der Waals surface area contributed by atoms with E-state index < -0.39 is 21.4 Å². The van der Waals surface area contributed by atoms with E-state index in [1.807, 2.05) is 0 Å². The Labute approximate surface area is 201 Å². The normalized spacial score (nSPS) is 13.1. The van der Waals surface area contributed by atoms with Crippen molar-refractivity contribution in [3.05, 3.63) is 67.0 Å². The Morgan fingerprint density at radius 3 is 2.29 bits per heavy atom. The highest BCUT2D eigenvalue weighted by atomic mass is 32.2. The summed E-state index contributed by atoms with van der Waals surface area (Å²) in [6, 6.07) is 8.61. The molecule has 0 aliphatic rings. The lowest BCUT2D eigenvalue weighted by atomic mass is 10.2. The minimum atomic E-state index is -4.19. The summed E-state index contributed by atoms with van der Waals surface area (Å²) in [5.41, 5.74) is 1.07. The van der Waals surface area contributed by atoms with Gasteiger partial charge in [0.15, 0.2) is 5.82 Å². The zero-order valence-corrected chi connectivity index (χ0v) is 19.9. The van der Waals surface area contributed by atoms with Gasteiger partial charge in [-0.15, -0.1) is 10.2 Å². The van der Waals surface area contributed by atoms with Gasteiger partial charge in [0.2, 0.25) is 16.0 Å². The molecule has 0 bridgehead atoms. The Morgan fingerprint density at radius 1 is 0.971 bits per heavy atom. The fourth-order valence-electron chi connectivity index (χ4n) is 3.39. The van der Waals surface area contributed by atoms with Gasteiger partial charge in [0.25, 0.3) is 0 Å². The minimum Gasteiger partial charge on any atom is -0.494 e. The van der Waals surface area contributed by atoms with Crippen LogP contribution >= 0.6 is 0 Å². The van der Waals surface area contributed by atoms with Crippen molar-refractivity contribution in [1.82, 2.24) is 29.7 Å². The first-order valence-corrected chi connectivity index (χ1v) is 11.9. The number of aliphatic hydroxyl groups excluding tert-OH is 1. The fourth-order valence-corrected chi connectivity index (χ4v) is 4.44. The Morgan fingerprint density at radius 2 is 1.69 bits per heavy atom. The van der Waals surface area contributed by atoms with E-state index in [0.717, 1.165) is 0 Å². The van der Waals surface area contributed by atoms with Gasteiger partial charge in [-0.25, -0.2) is 8.42 Å². The van der Waals surface area contributed by atoms with Crippen molar-refractivity contribution in [1.29, 1.82) is 0 Å². The molecular weight excluding hydrogens is 474 g/mol. The second-order valence-corrected chi connectivity index (χ2v) is 9.40. The molecule has 0 unspecified atom stereocenters. The summed E-state index contributed by atoms with van der Waals surface area (Å²) in [6.07, 6.45) is 5.84. The van der Waals surface area contributed by atoms with Crippen LogP contribution in [0.5, 0.6) is 11.5 Å². The molecule has 2 atom stereocenters. The highest BCUT2D eigenvalue weighted by Gasteiger charge is 2.33. The predicted octanol–water partition coefficient (Wildman–Crippen LogP) is 2.00. The van der Waals surface area contributed by atoms with Crippen LogP contribution in [0.1, 0.15) is 18.7 Å². The lowest BCUT2D eigenvalue weighted by Crippen LogP contribution is -2.32. The fraction of sp³-hybridized carbons (Fsp3) is 0.227. The molecule has 0 amide bonds. The van der Waals surface area contributed by atoms with Crippen LogP contribution in [-0.4, -0.2) is 62.7 Å². The Kier molecular flexibility index (Phi) is 6.89. The van der Waals surface area contributed by atoms with Crippen LogP contribution in [0.15, 0.2) is 61.3 Å². The molecule has 12 nitrogen and oxygen atoms in total. The van der Waals surface area contributed by atoms with Gasteiger partial charge in [0, 0.05) is 30.4 Å². The molecule has 13 heteroatoms. The summed E-state index contributed by atoms with van der Waals surface area (Å²) >= 11 is 0. The smallest absolute Gasteiger partial charge is 0.243 e. The number of rotatable bonds is 9. The van der Waals surface area contributed by atoms with Gasteiger partial charge in [-0.05, 0) is 31.2 Å². The maximum absolute atomic E-state index is 13.3. The monoisotopic (exact) mass is 497 g/mol. The molecule has 3 aromatic heterocycles. The predicted molar refractivity (Wildman–Crippen MR) is 127 cm³/mol. The van der Waals surface area contributed by atoms with Crippen LogP contribution in [0, 0.1) is 0 Å². The molecule has 182 valence electrons. The number of aromatic nitrogens is 6. The average Bonchev–Trinajstić information content (AvgIpc) is 3.30. The lowest BCUT2D eigenvalue weighted by molar-refractivity contribution is 0.171. The second-order valence-electron chi connectivity index (χ2n) is 7.36. The van der Waals surface area contributed by atoms with Crippen molar-refractivity contribution in [2.45, 2.75) is 18.3 Å². The summed E-state index contributed by atoms with van der Waals surface area (Å²) in [5.74, 6) is 0.940. The Balaban J connectivity index is 1.83. The molecule has 1 aromatic carbocycles. The van der Waals surface area contributed by atoms with Gasteiger partial charge in [-0.2, -0.15) is 0 Å². The molecule has 4 aromatic rings. The maximum atomic E-state index is 13.3. The van der Waals surface area contributed by atoms with E-state index in [1.165, 1.54) is 44.3 Å². The molecule has 0 aliphatic heterocycles. The molecule has 0 radical (unpaired) electrons. The number of benzene rings is 1. The topological polar surface area (TPSA) is 154 Å². The molecular formula is C22H23N7O5S. The quantitative estimate of drug-likeness (QED) is 0.351. The number of para-hydroxylation sites is 1. The van der Waals surface area contributed by atoms with E-state index in [1.54, 1.807) is 42.7 Å². The van der Waals surface area contributed by atoms with Gasteiger partial charge < -0.3 is 14.6 Å². The summed E-state index contributed by atoms with van der Waals surface area (Å²) in [6.45, 7) is 1.36. The van der Waals surface area contributed by atoms with Crippen molar-refractivity contribution >= 4 is 16.0 Å². The van der Waals surface area contributed by atoms with E-state index in [4.69, 9.17) is 9.47 Å². The molecule has 0 aliphatic carbocycles. The first kappa shape index (κ1) is 24.0. The number of ether oxygens (including phenoxy) is 2. The summed E-state index contributed by atoms with van der Waals surface area (Å²) in [5, 5.41) is 17.6. The Hall–Kier alpha value is -4.10. The first-order chi connectivity index (χ1) is 16.9. The highest BCUT2D eigenvalue weighted by molar-refractivity contribution is 7.93. The zero-order chi connectivity index (χ0) is 25.0. The zero-order valence-electron chi connectivity index (χ0n) is 19.1. The van der Waals surface area contributed by atoms with Gasteiger partial charge in [0.1, 0.15) is 28.5 Å². The lowest BCUT2D eigenvalue weighted by Gasteiger charge is -2.21. The second kappa shape index (κ2) is 10.0. The van der Waals surface area contributed by atoms with Gasteiger partial charge in [0.05, 0.1) is 26.1 Å². The summed E-state index contributed by atoms with van der Waals surface area (Å²) in [4.78, 5) is 12.0. The van der Waals surface area contributed by atoms with E-state index in [-0.39, 0.29) is 11.6 Å². The number of pyridine rings is 1. The van der Waals surface area contributed by atoms with Crippen molar-refractivity contribution in [3.63, 3.8) is 0 Å². The number of nitrogens with one attached hydrogen (secondary N) is 1. The van der Waals surface area contributed by atoms with Crippen LogP contribution in [0.25, 0.3) is 17.1 Å². The van der Waals surface area contributed by atoms with Gasteiger partial charge >= 0.3 is 0 Å². The average molecular weight is 498 g/mol. The number of hydrogen-bond acceptors (Lipinski definition) is 10. The molecule has 2 N–H and O–H groups in total. The first-order valence-electron chi connectivity index (χ1n) is 10.4. The van der Waals surface area contributed by atoms with Crippen LogP contribution in [0.2, 0.25) is 0 Å². The standard InChI is InChI=1S/C22H23N7O5S/c1-14(20(30)16-13-24-10-11-25-16)35(31,32)28-22-27-26-21(15-6-5-9-23-12-15)29(22)19-17(33-2)7-4-8-18(19)34-3/h4-14,20,30H,1-3H3,(H,27,28)/t14-,20-/m0/s1. The van der Waals surface area contributed by atoms with Crippen molar-refractivity contribution in [3.8, 4) is 28.6 Å². The number of anilines is 1. The number of methoxy groups -OCH3 is 2. The number of sulfonamides is 1. The number of hydrogen-bond donors (Lipinski definition) is 2. The van der Waals surface area contributed by atoms with E-state index >= 15 is 0 Å². The van der Waals surface area contributed by atoms with Crippen LogP contribution in [0.3, 0.4) is 0 Å². The van der Waals surface area contributed by atoms with E-state index in [9.17, 15) is 13.5 Å². The summed E-state index contributed by atoms with van der Waals surface area (Å²) in [7, 11) is -1.22. The maximum Gasteiger partial charge on any atom is 0.243 e. The molecule has 0 saturated carbocycles. The number of aliphatic hydroxyl groups is 1. The molecule has 4 rings (SSSR count). The van der Waals surface area contributed by atoms with Crippen LogP contribution in [-0.2, 0) is 10.0 Å². The summed E-state index contributed by atoms with van der Waals surface area (Å²) < 4.78 is 41.5. The largest absolute Gasteiger partial charge is 0.494 e. The highest BCUT2D eigenvalue weighted by Crippen LogP contribution is 2.37. The number of nitrogens with zero attached hydrogens (tertiary/aromatic N) is 6. The SMILES string of the molecule is COc1cccc(OC)c1-n1c(NS(=O)(=O)[C@@H](C)[C@H](O)c2cnccn2)nnc1-c1cccnc1. The third-order valence-electron chi connectivity index (χ3n) is 5.26. The minimum absolute atomic E-state index is 0.120. The Bertz CT molecular complexity index is 1380. The van der Waals surface area contributed by atoms with E-state index in [2.05, 4.69) is 29.9 Å². The third-order valence-corrected chi connectivity index (χ3v) is 6.97. The molecule has 0 saturated heterocycles. The van der Waals surface area contributed by atoms with Gasteiger partial charge in [-0.3, -0.25) is 24.2 Å². The molecule has 0 fully saturated rings.